The number of unbranched alkanes of at least 4 members (excludes halogenated alkanes) is 1. The highest BCUT2D eigenvalue weighted by Gasteiger charge is 2.32. The molecule has 3 nitrogen and oxygen atoms in total. The largest absolute Gasteiger partial charge is 0.406 e. The van der Waals surface area contributed by atoms with Crippen LogP contribution in [0.2, 0.25) is 0 Å². The standard InChI is InChI=1S/C9H15ClF3NO2/c10-4-2-1-3-8(16)14(5-6-15)7-9(11,12)13/h15H,1-7H2. The average molecular weight is 262 g/mol. The van der Waals surface area contributed by atoms with Crippen LogP contribution in [0.15, 0.2) is 0 Å². The SMILES string of the molecule is O=C(CCCCCl)N(CCO)CC(F)(F)F. The summed E-state index contributed by atoms with van der Waals surface area (Å²) in [7, 11) is 0. The quantitative estimate of drug-likeness (QED) is 0.561. The Morgan fingerprint density at radius 2 is 1.94 bits per heavy atom. The number of aliphatic hydroxyl groups excluding tert-OH is 1. The van der Waals surface area contributed by atoms with E-state index in [0.717, 1.165) is 0 Å². The molecular weight excluding hydrogens is 247 g/mol. The van der Waals surface area contributed by atoms with E-state index < -0.39 is 25.2 Å². The third-order valence-electron chi connectivity index (χ3n) is 1.87. The lowest BCUT2D eigenvalue weighted by atomic mass is 10.2. The summed E-state index contributed by atoms with van der Waals surface area (Å²) in [4.78, 5) is 12.0. The highest BCUT2D eigenvalue weighted by atomic mass is 35.5. The molecule has 7 heteroatoms. The molecule has 0 aliphatic carbocycles. The molecule has 0 rings (SSSR count). The summed E-state index contributed by atoms with van der Waals surface area (Å²) in [6.07, 6.45) is -3.35. The first-order valence-corrected chi connectivity index (χ1v) is 5.45. The number of amides is 1. The van der Waals surface area contributed by atoms with Gasteiger partial charge in [-0.05, 0) is 12.8 Å². The van der Waals surface area contributed by atoms with Crippen LogP contribution in [0.5, 0.6) is 0 Å². The van der Waals surface area contributed by atoms with Crippen molar-refractivity contribution in [3.05, 3.63) is 0 Å². The molecule has 0 atom stereocenters. The topological polar surface area (TPSA) is 40.5 Å². The van der Waals surface area contributed by atoms with E-state index in [-0.39, 0.29) is 13.0 Å². The minimum atomic E-state index is -4.43. The first-order valence-electron chi connectivity index (χ1n) is 4.92. The number of rotatable bonds is 7. The highest BCUT2D eigenvalue weighted by Crippen LogP contribution is 2.17. The molecule has 0 aromatic heterocycles. The Labute approximate surface area is 97.2 Å². The molecular formula is C9H15ClF3NO2. The number of carbonyl (C=O) groups is 1. The molecule has 0 saturated carbocycles. The van der Waals surface area contributed by atoms with Crippen molar-refractivity contribution in [3.63, 3.8) is 0 Å². The predicted molar refractivity (Wildman–Crippen MR) is 54.3 cm³/mol. The zero-order chi connectivity index (χ0) is 12.6. The lowest BCUT2D eigenvalue weighted by molar-refractivity contribution is -0.162. The molecule has 0 spiro atoms. The minimum absolute atomic E-state index is 0.0306. The van der Waals surface area contributed by atoms with Gasteiger partial charge in [0, 0.05) is 18.8 Å². The van der Waals surface area contributed by atoms with E-state index in [2.05, 4.69) is 0 Å². The molecule has 0 saturated heterocycles. The molecule has 0 fully saturated rings. The number of alkyl halides is 4. The smallest absolute Gasteiger partial charge is 0.395 e. The molecule has 0 bridgehead atoms. The third-order valence-corrected chi connectivity index (χ3v) is 2.13. The van der Waals surface area contributed by atoms with Gasteiger partial charge in [0.05, 0.1) is 6.61 Å². The van der Waals surface area contributed by atoms with Crippen molar-refractivity contribution in [1.82, 2.24) is 4.90 Å². The Kier molecular flexibility index (Phi) is 7.49. The van der Waals surface area contributed by atoms with Gasteiger partial charge in [-0.1, -0.05) is 0 Å². The van der Waals surface area contributed by atoms with E-state index >= 15 is 0 Å². The second kappa shape index (κ2) is 7.73. The van der Waals surface area contributed by atoms with E-state index in [9.17, 15) is 18.0 Å². The molecule has 0 heterocycles. The lowest BCUT2D eigenvalue weighted by Gasteiger charge is -2.23. The maximum Gasteiger partial charge on any atom is 0.406 e. The Morgan fingerprint density at radius 3 is 2.38 bits per heavy atom. The lowest BCUT2D eigenvalue weighted by Crippen LogP contribution is -2.40. The normalized spacial score (nSPS) is 11.6. The van der Waals surface area contributed by atoms with Crippen LogP contribution in [0.25, 0.3) is 0 Å². The summed E-state index contributed by atoms with van der Waals surface area (Å²) in [5.41, 5.74) is 0. The van der Waals surface area contributed by atoms with Crippen molar-refractivity contribution in [3.8, 4) is 0 Å². The highest BCUT2D eigenvalue weighted by molar-refractivity contribution is 6.17. The van der Waals surface area contributed by atoms with Crippen molar-refractivity contribution in [2.45, 2.75) is 25.4 Å². The van der Waals surface area contributed by atoms with Crippen LogP contribution in [0, 0.1) is 0 Å². The Hall–Kier alpha value is -0.490. The van der Waals surface area contributed by atoms with Gasteiger partial charge < -0.3 is 10.0 Å². The van der Waals surface area contributed by atoms with E-state index in [0.29, 0.717) is 23.6 Å². The fraction of sp³-hybridized carbons (Fsp3) is 0.889. The van der Waals surface area contributed by atoms with Crippen molar-refractivity contribution in [2.24, 2.45) is 0 Å². The van der Waals surface area contributed by atoms with E-state index in [4.69, 9.17) is 16.7 Å². The molecule has 0 unspecified atom stereocenters. The van der Waals surface area contributed by atoms with E-state index in [1.807, 2.05) is 0 Å². The molecule has 1 amide bonds. The maximum absolute atomic E-state index is 12.1. The first-order chi connectivity index (χ1) is 7.40. The molecule has 0 aromatic rings. The van der Waals surface area contributed by atoms with Gasteiger partial charge in [0.2, 0.25) is 5.91 Å². The summed E-state index contributed by atoms with van der Waals surface area (Å²) in [5, 5.41) is 8.57. The van der Waals surface area contributed by atoms with Crippen molar-refractivity contribution >= 4 is 17.5 Å². The van der Waals surface area contributed by atoms with Gasteiger partial charge in [-0.25, -0.2) is 0 Å². The van der Waals surface area contributed by atoms with Gasteiger partial charge in [-0.15, -0.1) is 11.6 Å². The maximum atomic E-state index is 12.1. The van der Waals surface area contributed by atoms with Crippen LogP contribution in [-0.4, -0.2) is 47.7 Å². The fourth-order valence-corrected chi connectivity index (χ4v) is 1.35. The van der Waals surface area contributed by atoms with Gasteiger partial charge in [0.15, 0.2) is 0 Å². The van der Waals surface area contributed by atoms with Gasteiger partial charge >= 0.3 is 6.18 Å². The number of aliphatic hydroxyl groups is 1. The summed E-state index contributed by atoms with van der Waals surface area (Å²) in [6.45, 7) is -2.08. The van der Waals surface area contributed by atoms with Crippen LogP contribution in [0.1, 0.15) is 19.3 Å². The summed E-state index contributed by atoms with van der Waals surface area (Å²) >= 11 is 5.39. The first kappa shape index (κ1) is 15.5. The predicted octanol–water partition coefficient (Wildman–Crippen LogP) is 1.78. The number of halogens is 4. The van der Waals surface area contributed by atoms with E-state index in [1.165, 1.54) is 0 Å². The average Bonchev–Trinajstić information content (AvgIpc) is 2.15. The molecule has 0 aliphatic rings. The second-order valence-corrected chi connectivity index (χ2v) is 3.68. The summed E-state index contributed by atoms with van der Waals surface area (Å²) < 4.78 is 36.2. The van der Waals surface area contributed by atoms with Crippen molar-refractivity contribution < 1.29 is 23.1 Å². The van der Waals surface area contributed by atoms with Crippen LogP contribution >= 0.6 is 11.6 Å². The zero-order valence-corrected chi connectivity index (χ0v) is 9.52. The number of hydrogen-bond donors (Lipinski definition) is 1. The number of hydrogen-bond acceptors (Lipinski definition) is 2. The molecule has 96 valence electrons. The molecule has 0 radical (unpaired) electrons. The van der Waals surface area contributed by atoms with Crippen LogP contribution in [0.4, 0.5) is 13.2 Å². The van der Waals surface area contributed by atoms with Crippen LogP contribution in [-0.2, 0) is 4.79 Å². The minimum Gasteiger partial charge on any atom is -0.395 e. The van der Waals surface area contributed by atoms with Crippen molar-refractivity contribution in [1.29, 1.82) is 0 Å². The molecule has 0 aliphatic heterocycles. The third kappa shape index (κ3) is 7.76. The Balaban J connectivity index is 4.13. The van der Waals surface area contributed by atoms with Crippen LogP contribution < -0.4 is 0 Å². The second-order valence-electron chi connectivity index (χ2n) is 3.30. The van der Waals surface area contributed by atoms with E-state index in [1.54, 1.807) is 0 Å². The van der Waals surface area contributed by atoms with Gasteiger partial charge in [0.1, 0.15) is 6.54 Å². The van der Waals surface area contributed by atoms with Gasteiger partial charge in [0.25, 0.3) is 0 Å². The number of nitrogens with zero attached hydrogens (tertiary/aromatic N) is 1. The number of carbonyl (C=O) groups excluding carboxylic acids is 1. The molecule has 1 N–H and O–H groups in total. The van der Waals surface area contributed by atoms with Crippen molar-refractivity contribution in [2.75, 3.05) is 25.6 Å². The summed E-state index contributed by atoms with van der Waals surface area (Å²) in [6, 6.07) is 0. The molecule has 16 heavy (non-hydrogen) atoms. The zero-order valence-electron chi connectivity index (χ0n) is 8.76. The molecule has 0 aromatic carbocycles. The Morgan fingerprint density at radius 1 is 1.31 bits per heavy atom. The van der Waals surface area contributed by atoms with Gasteiger partial charge in [-0.2, -0.15) is 13.2 Å². The fourth-order valence-electron chi connectivity index (χ4n) is 1.16. The van der Waals surface area contributed by atoms with Crippen LogP contribution in [0.3, 0.4) is 0 Å². The monoisotopic (exact) mass is 261 g/mol. The summed E-state index contributed by atoms with van der Waals surface area (Å²) in [5.74, 6) is -0.219. The van der Waals surface area contributed by atoms with Gasteiger partial charge in [-0.3, -0.25) is 4.79 Å². The Bertz CT molecular complexity index is 211.